The summed E-state index contributed by atoms with van der Waals surface area (Å²) in [5.74, 6) is -1.13. The van der Waals surface area contributed by atoms with Gasteiger partial charge in [-0.3, -0.25) is 14.5 Å². The first kappa shape index (κ1) is 26.2. The van der Waals surface area contributed by atoms with Gasteiger partial charge in [0.25, 0.3) is 5.91 Å². The van der Waals surface area contributed by atoms with E-state index in [0.717, 1.165) is 16.0 Å². The van der Waals surface area contributed by atoms with E-state index in [1.807, 2.05) is 44.2 Å². The summed E-state index contributed by atoms with van der Waals surface area (Å²) in [5, 5.41) is 3.47. The number of benzene rings is 2. The van der Waals surface area contributed by atoms with Gasteiger partial charge in [0.05, 0.1) is 12.0 Å². The molecule has 2 heterocycles. The highest BCUT2D eigenvalue weighted by Crippen LogP contribution is 2.34. The molecule has 0 bridgehead atoms. The van der Waals surface area contributed by atoms with Gasteiger partial charge >= 0.3 is 6.03 Å². The van der Waals surface area contributed by atoms with Crippen molar-refractivity contribution < 1.29 is 14.4 Å². The molecule has 192 valence electrons. The molecule has 1 aliphatic heterocycles. The van der Waals surface area contributed by atoms with E-state index in [1.54, 1.807) is 43.4 Å². The summed E-state index contributed by atoms with van der Waals surface area (Å²) >= 11 is 6.14. The van der Waals surface area contributed by atoms with Gasteiger partial charge in [-0.1, -0.05) is 48.9 Å². The lowest BCUT2D eigenvalue weighted by molar-refractivity contribution is -0.156. The number of nitrogens with two attached hydrogens (primary N) is 1. The molecule has 0 spiro atoms. The average molecular weight is 520 g/mol. The summed E-state index contributed by atoms with van der Waals surface area (Å²) in [6.45, 7) is 3.74. The van der Waals surface area contributed by atoms with E-state index in [0.29, 0.717) is 28.6 Å². The molecule has 9 heteroatoms. The minimum Gasteiger partial charge on any atom is -0.384 e. The third-order valence-electron chi connectivity index (χ3n) is 6.61. The quantitative estimate of drug-likeness (QED) is 0.446. The summed E-state index contributed by atoms with van der Waals surface area (Å²) in [6, 6.07) is 17.9. The van der Waals surface area contributed by atoms with Crippen LogP contribution in [0.2, 0.25) is 5.02 Å². The van der Waals surface area contributed by atoms with Crippen LogP contribution in [0.5, 0.6) is 0 Å². The number of carbonyl (C=O) groups is 3. The zero-order valence-electron chi connectivity index (χ0n) is 21.0. The molecule has 1 saturated heterocycles. The number of para-hydroxylation sites is 1. The number of nitrogens with zero attached hydrogens (tertiary/aromatic N) is 3. The lowest BCUT2D eigenvalue weighted by Crippen LogP contribution is -2.70. The Bertz CT molecular complexity index is 1300. The van der Waals surface area contributed by atoms with Crippen molar-refractivity contribution in [3.8, 4) is 0 Å². The number of rotatable bonds is 7. The number of β-lactam (4-membered cyclic amide) rings is 1. The van der Waals surface area contributed by atoms with Gasteiger partial charge in [-0.25, -0.2) is 9.78 Å². The fourth-order valence-electron chi connectivity index (χ4n) is 4.74. The molecule has 0 radical (unpaired) electrons. The first-order chi connectivity index (χ1) is 17.7. The molecule has 0 aliphatic carbocycles. The highest BCUT2D eigenvalue weighted by atomic mass is 35.5. The van der Waals surface area contributed by atoms with Gasteiger partial charge in [-0.05, 0) is 67.3 Å². The summed E-state index contributed by atoms with van der Waals surface area (Å²) in [7, 11) is 1.64. The lowest BCUT2D eigenvalue weighted by Gasteiger charge is -2.46. The number of likely N-dealkylation sites (tertiary alicyclic amines) is 1. The number of nitrogen functional groups attached to an aromatic ring is 1. The van der Waals surface area contributed by atoms with E-state index in [-0.39, 0.29) is 18.4 Å². The molecule has 1 fully saturated rings. The maximum Gasteiger partial charge on any atom is 0.325 e. The molecule has 8 nitrogen and oxygen atoms in total. The number of urea groups is 1. The van der Waals surface area contributed by atoms with Crippen molar-refractivity contribution in [2.45, 2.75) is 38.8 Å². The Morgan fingerprint density at radius 2 is 1.86 bits per heavy atom. The van der Waals surface area contributed by atoms with Gasteiger partial charge in [-0.15, -0.1) is 0 Å². The van der Waals surface area contributed by atoms with Gasteiger partial charge in [0.15, 0.2) is 0 Å². The Hall–Kier alpha value is -3.91. The van der Waals surface area contributed by atoms with E-state index < -0.39 is 23.9 Å². The van der Waals surface area contributed by atoms with Gasteiger partial charge in [-0.2, -0.15) is 0 Å². The monoisotopic (exact) mass is 519 g/mol. The first-order valence-corrected chi connectivity index (χ1v) is 12.5. The third-order valence-corrected chi connectivity index (χ3v) is 6.84. The van der Waals surface area contributed by atoms with Gasteiger partial charge in [0, 0.05) is 23.5 Å². The van der Waals surface area contributed by atoms with Crippen LogP contribution in [-0.4, -0.2) is 40.8 Å². The largest absolute Gasteiger partial charge is 0.384 e. The fourth-order valence-corrected chi connectivity index (χ4v) is 4.94. The van der Waals surface area contributed by atoms with E-state index >= 15 is 0 Å². The molecule has 2 unspecified atom stereocenters. The number of aryl methyl sites for hydroxylation is 1. The van der Waals surface area contributed by atoms with Crippen LogP contribution < -0.4 is 16.0 Å². The maximum atomic E-state index is 13.7. The second-order valence-corrected chi connectivity index (χ2v) is 9.64. The molecule has 1 aromatic heterocycles. The van der Waals surface area contributed by atoms with E-state index in [4.69, 9.17) is 17.3 Å². The molecule has 4 amide bonds. The standard InChI is InChI=1S/C28H30ClN5O3/c1-4-23(19-9-8-10-20(29)16-19)32-28(37)34-25(27(36)33(3)21-11-6-5-7-12-21)22(26(34)35)14-18-13-17(2)31-24(30)15-18/h5-13,15-16,22-23,25H,4,14H2,1-3H3,(H2,30,31)(H,32,37)/t22-,23?,25?/m1/s1. The van der Waals surface area contributed by atoms with Crippen LogP contribution in [0.25, 0.3) is 0 Å². The fraction of sp³-hybridized carbons (Fsp3) is 0.286. The second-order valence-electron chi connectivity index (χ2n) is 9.20. The summed E-state index contributed by atoms with van der Waals surface area (Å²) in [6.07, 6.45) is 0.844. The number of amides is 4. The lowest BCUT2D eigenvalue weighted by atomic mass is 9.81. The van der Waals surface area contributed by atoms with Crippen LogP contribution in [0.15, 0.2) is 66.7 Å². The van der Waals surface area contributed by atoms with Crippen molar-refractivity contribution in [3.63, 3.8) is 0 Å². The number of pyridine rings is 1. The molecule has 0 saturated carbocycles. The number of anilines is 2. The van der Waals surface area contributed by atoms with E-state index in [2.05, 4.69) is 10.3 Å². The van der Waals surface area contributed by atoms with Crippen LogP contribution >= 0.6 is 11.6 Å². The summed E-state index contributed by atoms with van der Waals surface area (Å²) in [5.41, 5.74) is 8.89. The number of carbonyl (C=O) groups excluding carboxylic acids is 3. The van der Waals surface area contributed by atoms with Crippen molar-refractivity contribution in [2.24, 2.45) is 5.92 Å². The Kier molecular flexibility index (Phi) is 7.78. The van der Waals surface area contributed by atoms with Crippen molar-refractivity contribution >= 4 is 41.0 Å². The smallest absolute Gasteiger partial charge is 0.325 e. The highest BCUT2D eigenvalue weighted by Gasteiger charge is 2.55. The number of aromatic nitrogens is 1. The van der Waals surface area contributed by atoms with Crippen LogP contribution in [-0.2, 0) is 16.0 Å². The molecule has 3 aromatic rings. The van der Waals surface area contributed by atoms with Gasteiger partial charge < -0.3 is 16.0 Å². The minimum atomic E-state index is -0.968. The predicted octanol–water partition coefficient (Wildman–Crippen LogP) is 4.52. The predicted molar refractivity (Wildman–Crippen MR) is 144 cm³/mol. The number of halogens is 1. The third kappa shape index (κ3) is 5.59. The zero-order valence-corrected chi connectivity index (χ0v) is 21.8. The van der Waals surface area contributed by atoms with Gasteiger partial charge in [0.2, 0.25) is 5.91 Å². The topological polar surface area (TPSA) is 109 Å². The Morgan fingerprint density at radius 1 is 1.14 bits per heavy atom. The number of hydrogen-bond donors (Lipinski definition) is 2. The molecule has 1 aliphatic rings. The molecule has 2 aromatic carbocycles. The minimum absolute atomic E-state index is 0.265. The normalized spacial score (nSPS) is 17.6. The Balaban J connectivity index is 1.61. The number of imide groups is 1. The molecule has 3 N–H and O–H groups in total. The number of likely N-dealkylation sites (N-methyl/N-ethyl adjacent to an activating group) is 1. The molecular weight excluding hydrogens is 490 g/mol. The molecular formula is C28H30ClN5O3. The van der Waals surface area contributed by atoms with E-state index in [9.17, 15) is 14.4 Å². The average Bonchev–Trinajstić information content (AvgIpc) is 2.87. The summed E-state index contributed by atoms with van der Waals surface area (Å²) in [4.78, 5) is 47.1. The van der Waals surface area contributed by atoms with Crippen molar-refractivity contribution in [3.05, 3.63) is 88.6 Å². The van der Waals surface area contributed by atoms with Crippen molar-refractivity contribution in [2.75, 3.05) is 17.7 Å². The van der Waals surface area contributed by atoms with Crippen molar-refractivity contribution in [1.29, 1.82) is 0 Å². The SMILES string of the molecule is CCC(NC(=O)N1C(=O)[C@H](Cc2cc(C)nc(N)c2)C1C(=O)N(C)c1ccccc1)c1cccc(Cl)c1. The number of nitrogens with one attached hydrogen (secondary N) is 1. The summed E-state index contributed by atoms with van der Waals surface area (Å²) < 4.78 is 0. The van der Waals surface area contributed by atoms with Crippen LogP contribution in [0.3, 0.4) is 0 Å². The Labute approximate surface area is 221 Å². The maximum absolute atomic E-state index is 13.7. The number of hydrogen-bond acceptors (Lipinski definition) is 5. The van der Waals surface area contributed by atoms with Crippen LogP contribution in [0.4, 0.5) is 16.3 Å². The Morgan fingerprint density at radius 3 is 2.51 bits per heavy atom. The highest BCUT2D eigenvalue weighted by molar-refractivity contribution is 6.30. The van der Waals surface area contributed by atoms with E-state index in [1.165, 1.54) is 4.90 Å². The van der Waals surface area contributed by atoms with Crippen molar-refractivity contribution in [1.82, 2.24) is 15.2 Å². The van der Waals surface area contributed by atoms with Gasteiger partial charge in [0.1, 0.15) is 11.9 Å². The first-order valence-electron chi connectivity index (χ1n) is 12.1. The zero-order chi connectivity index (χ0) is 26.7. The molecule has 3 atom stereocenters. The second kappa shape index (κ2) is 11.0. The van der Waals surface area contributed by atoms with Crippen LogP contribution in [0, 0.1) is 12.8 Å². The molecule has 37 heavy (non-hydrogen) atoms. The molecule has 4 rings (SSSR count). The van der Waals surface area contributed by atoms with Crippen LogP contribution in [0.1, 0.15) is 36.2 Å².